The lowest BCUT2D eigenvalue weighted by molar-refractivity contribution is -0.124. The summed E-state index contributed by atoms with van der Waals surface area (Å²) in [6, 6.07) is 9.75. The summed E-state index contributed by atoms with van der Waals surface area (Å²) in [5.74, 6) is 5.93. The van der Waals surface area contributed by atoms with Crippen LogP contribution in [0.15, 0.2) is 42.5 Å². The molecule has 0 aliphatic carbocycles. The maximum absolute atomic E-state index is 11.6. The van der Waals surface area contributed by atoms with Gasteiger partial charge in [-0.15, -0.1) is 0 Å². The number of amides is 1. The van der Waals surface area contributed by atoms with Crippen molar-refractivity contribution in [3.05, 3.63) is 48.0 Å². The second-order valence-corrected chi connectivity index (χ2v) is 4.00. The Kier molecular flexibility index (Phi) is 3.99. The van der Waals surface area contributed by atoms with Crippen LogP contribution in [0.25, 0.3) is 0 Å². The van der Waals surface area contributed by atoms with Gasteiger partial charge in [0.2, 0.25) is 5.91 Å². The van der Waals surface area contributed by atoms with Gasteiger partial charge in [-0.3, -0.25) is 4.79 Å². The lowest BCUT2D eigenvalue weighted by atomic mass is 10.2. The number of hydrogen-bond acceptors (Lipinski definition) is 1. The second kappa shape index (κ2) is 5.91. The van der Waals surface area contributed by atoms with E-state index in [1.807, 2.05) is 35.2 Å². The van der Waals surface area contributed by atoms with Gasteiger partial charge in [0, 0.05) is 24.7 Å². The minimum atomic E-state index is 0.0739. The van der Waals surface area contributed by atoms with E-state index in [2.05, 4.69) is 11.8 Å². The molecule has 2 rings (SSSR count). The van der Waals surface area contributed by atoms with Crippen molar-refractivity contribution >= 4 is 5.91 Å². The molecule has 1 aliphatic rings. The molecule has 86 valence electrons. The molecular formula is C15H15NO. The van der Waals surface area contributed by atoms with Crippen LogP contribution in [-0.2, 0) is 4.79 Å². The summed E-state index contributed by atoms with van der Waals surface area (Å²) in [6.45, 7) is 1.77. The van der Waals surface area contributed by atoms with Gasteiger partial charge < -0.3 is 4.90 Å². The fourth-order valence-electron chi connectivity index (χ4n) is 1.80. The number of rotatable bonds is 1. The summed E-state index contributed by atoms with van der Waals surface area (Å²) in [5, 5.41) is 0. The van der Waals surface area contributed by atoms with Gasteiger partial charge >= 0.3 is 0 Å². The lowest BCUT2D eigenvalue weighted by Crippen LogP contribution is -2.25. The summed E-state index contributed by atoms with van der Waals surface area (Å²) in [5.41, 5.74) is 0.964. The first kappa shape index (κ1) is 11.5. The Morgan fingerprint density at radius 3 is 2.59 bits per heavy atom. The molecule has 17 heavy (non-hydrogen) atoms. The number of benzene rings is 1. The van der Waals surface area contributed by atoms with E-state index in [0.29, 0.717) is 0 Å². The lowest BCUT2D eigenvalue weighted by Gasteiger charge is -2.11. The average molecular weight is 225 g/mol. The summed E-state index contributed by atoms with van der Waals surface area (Å²) < 4.78 is 0. The highest BCUT2D eigenvalue weighted by Crippen LogP contribution is 2.07. The van der Waals surface area contributed by atoms with E-state index in [0.717, 1.165) is 31.5 Å². The van der Waals surface area contributed by atoms with Crippen LogP contribution in [0, 0.1) is 11.8 Å². The van der Waals surface area contributed by atoms with Crippen molar-refractivity contribution in [1.82, 2.24) is 4.90 Å². The molecule has 1 aromatic carbocycles. The van der Waals surface area contributed by atoms with Crippen LogP contribution in [0.3, 0.4) is 0 Å². The second-order valence-electron chi connectivity index (χ2n) is 4.00. The highest BCUT2D eigenvalue weighted by molar-refractivity contribution is 5.88. The van der Waals surface area contributed by atoms with E-state index < -0.39 is 0 Å². The van der Waals surface area contributed by atoms with Crippen molar-refractivity contribution in [2.24, 2.45) is 0 Å². The molecule has 1 saturated heterocycles. The van der Waals surface area contributed by atoms with Crippen molar-refractivity contribution in [1.29, 1.82) is 0 Å². The molecule has 2 nitrogen and oxygen atoms in total. The third kappa shape index (κ3) is 3.49. The Morgan fingerprint density at radius 2 is 1.88 bits per heavy atom. The van der Waals surface area contributed by atoms with Gasteiger partial charge in [-0.25, -0.2) is 0 Å². The molecule has 1 fully saturated rings. The maximum atomic E-state index is 11.6. The van der Waals surface area contributed by atoms with E-state index in [-0.39, 0.29) is 5.91 Å². The molecule has 1 amide bonds. The molecule has 2 heteroatoms. The first-order chi connectivity index (χ1) is 8.36. The van der Waals surface area contributed by atoms with Crippen LogP contribution in [0.2, 0.25) is 0 Å². The smallest absolute Gasteiger partial charge is 0.247 e. The summed E-state index contributed by atoms with van der Waals surface area (Å²) >= 11 is 0. The molecule has 1 aromatic rings. The molecule has 0 radical (unpaired) electrons. The quantitative estimate of drug-likeness (QED) is 0.530. The van der Waals surface area contributed by atoms with Crippen molar-refractivity contribution in [2.45, 2.75) is 12.8 Å². The Labute approximate surface area is 102 Å². The highest BCUT2D eigenvalue weighted by atomic mass is 16.2. The molecule has 0 saturated carbocycles. The van der Waals surface area contributed by atoms with Crippen molar-refractivity contribution in [3.63, 3.8) is 0 Å². The third-order valence-corrected chi connectivity index (χ3v) is 2.72. The first-order valence-corrected chi connectivity index (χ1v) is 5.88. The number of allylic oxidation sites excluding steroid dienone is 1. The van der Waals surface area contributed by atoms with Crippen LogP contribution < -0.4 is 0 Å². The first-order valence-electron chi connectivity index (χ1n) is 5.88. The van der Waals surface area contributed by atoms with Crippen molar-refractivity contribution in [2.75, 3.05) is 13.1 Å². The normalized spacial score (nSPS) is 14.7. The zero-order valence-electron chi connectivity index (χ0n) is 9.73. The van der Waals surface area contributed by atoms with E-state index >= 15 is 0 Å². The molecule has 0 unspecified atom stereocenters. The minimum Gasteiger partial charge on any atom is -0.339 e. The molecule has 0 N–H and O–H groups in total. The molecule has 0 spiro atoms. The minimum absolute atomic E-state index is 0.0739. The standard InChI is InChI=1S/C15H15NO/c17-15(16-12-6-7-13-16)11-5-4-10-14-8-2-1-3-9-14/h1-3,5,8-9,11H,6-7,12-13H2. The number of carbonyl (C=O) groups is 1. The molecule has 0 atom stereocenters. The topological polar surface area (TPSA) is 20.3 Å². The Morgan fingerprint density at radius 1 is 1.18 bits per heavy atom. The Bertz CT molecular complexity index is 459. The Balaban J connectivity index is 1.89. The Hall–Kier alpha value is -2.01. The fraction of sp³-hybridized carbons (Fsp3) is 0.267. The molecular weight excluding hydrogens is 210 g/mol. The molecule has 1 aliphatic heterocycles. The van der Waals surface area contributed by atoms with Crippen LogP contribution in [0.1, 0.15) is 18.4 Å². The van der Waals surface area contributed by atoms with Gasteiger partial charge in [-0.2, -0.15) is 0 Å². The van der Waals surface area contributed by atoms with Gasteiger partial charge in [-0.1, -0.05) is 30.0 Å². The van der Waals surface area contributed by atoms with Gasteiger partial charge in [0.15, 0.2) is 0 Å². The molecule has 0 aromatic heterocycles. The van der Waals surface area contributed by atoms with Gasteiger partial charge in [0.25, 0.3) is 0 Å². The van der Waals surface area contributed by atoms with Crippen LogP contribution in [-0.4, -0.2) is 23.9 Å². The predicted molar refractivity (Wildman–Crippen MR) is 68.3 cm³/mol. The van der Waals surface area contributed by atoms with Gasteiger partial charge in [0.05, 0.1) is 0 Å². The third-order valence-electron chi connectivity index (χ3n) is 2.72. The maximum Gasteiger partial charge on any atom is 0.247 e. The number of carbonyl (C=O) groups excluding carboxylic acids is 1. The van der Waals surface area contributed by atoms with Gasteiger partial charge in [0.1, 0.15) is 0 Å². The summed E-state index contributed by atoms with van der Waals surface area (Å²) in [4.78, 5) is 13.5. The fourth-order valence-corrected chi connectivity index (χ4v) is 1.80. The summed E-state index contributed by atoms with van der Waals surface area (Å²) in [6.07, 6.45) is 5.43. The average Bonchev–Trinajstić information content (AvgIpc) is 2.89. The molecule has 0 bridgehead atoms. The van der Waals surface area contributed by atoms with Gasteiger partial charge in [-0.05, 0) is 31.1 Å². The number of likely N-dealkylation sites (tertiary alicyclic amines) is 1. The van der Waals surface area contributed by atoms with E-state index in [1.54, 1.807) is 12.2 Å². The van der Waals surface area contributed by atoms with E-state index in [1.165, 1.54) is 0 Å². The predicted octanol–water partition coefficient (Wildman–Crippen LogP) is 2.22. The van der Waals surface area contributed by atoms with Crippen LogP contribution in [0.5, 0.6) is 0 Å². The van der Waals surface area contributed by atoms with E-state index in [4.69, 9.17) is 0 Å². The monoisotopic (exact) mass is 225 g/mol. The zero-order chi connectivity index (χ0) is 11.9. The largest absolute Gasteiger partial charge is 0.339 e. The van der Waals surface area contributed by atoms with Crippen LogP contribution in [0.4, 0.5) is 0 Å². The highest BCUT2D eigenvalue weighted by Gasteiger charge is 2.14. The van der Waals surface area contributed by atoms with Crippen LogP contribution >= 0.6 is 0 Å². The molecule has 1 heterocycles. The SMILES string of the molecule is O=C(C=CC#Cc1ccccc1)N1CCCC1. The number of nitrogens with zero attached hydrogens (tertiary/aromatic N) is 1. The number of hydrogen-bond donors (Lipinski definition) is 0. The summed E-state index contributed by atoms with van der Waals surface area (Å²) in [7, 11) is 0. The van der Waals surface area contributed by atoms with Crippen molar-refractivity contribution in [3.8, 4) is 11.8 Å². The van der Waals surface area contributed by atoms with Crippen molar-refractivity contribution < 1.29 is 4.79 Å². The zero-order valence-corrected chi connectivity index (χ0v) is 9.73. The van der Waals surface area contributed by atoms with E-state index in [9.17, 15) is 4.79 Å².